The lowest BCUT2D eigenvalue weighted by molar-refractivity contribution is -0.139. The van der Waals surface area contributed by atoms with Crippen molar-refractivity contribution in [1.82, 2.24) is 4.57 Å². The number of esters is 1. The zero-order chi connectivity index (χ0) is 34.5. The first-order valence-electron chi connectivity index (χ1n) is 15.1. The van der Waals surface area contributed by atoms with E-state index in [4.69, 9.17) is 46.9 Å². The summed E-state index contributed by atoms with van der Waals surface area (Å²) >= 11 is 17.2. The maximum absolute atomic E-state index is 14.2. The summed E-state index contributed by atoms with van der Waals surface area (Å²) in [5.74, 6) is 1.45. The first-order chi connectivity index (χ1) is 23.1. The quantitative estimate of drug-likeness (QED) is 0.140. The average molecular weight is 777 g/mol. The summed E-state index contributed by atoms with van der Waals surface area (Å²) in [6.45, 7) is 8.42. The molecule has 1 aliphatic rings. The largest absolute Gasteiger partial charge is 0.493 e. The van der Waals surface area contributed by atoms with E-state index in [-0.39, 0.29) is 24.3 Å². The van der Waals surface area contributed by atoms with E-state index in [1.54, 1.807) is 56.3 Å². The first-order valence-corrected chi connectivity index (χ1v) is 17.5. The number of carbonyl (C=O) groups is 1. The molecule has 1 aliphatic heterocycles. The minimum Gasteiger partial charge on any atom is -0.493 e. The molecule has 0 unspecified atom stereocenters. The van der Waals surface area contributed by atoms with Crippen molar-refractivity contribution in [2.45, 2.75) is 40.3 Å². The van der Waals surface area contributed by atoms with E-state index in [9.17, 15) is 9.59 Å². The fraction of sp³-hybridized carbons (Fsp3) is 0.286. The van der Waals surface area contributed by atoms with Crippen LogP contribution in [0.3, 0.4) is 0 Å². The van der Waals surface area contributed by atoms with E-state index in [2.05, 4.69) is 20.9 Å². The molecule has 252 valence electrons. The molecule has 0 saturated carbocycles. The Labute approximate surface area is 300 Å². The van der Waals surface area contributed by atoms with Gasteiger partial charge in [0.2, 0.25) is 0 Å². The number of rotatable bonds is 12. The van der Waals surface area contributed by atoms with Gasteiger partial charge in [-0.25, -0.2) is 9.79 Å². The number of aromatic nitrogens is 1. The van der Waals surface area contributed by atoms with Gasteiger partial charge < -0.3 is 23.7 Å². The van der Waals surface area contributed by atoms with Crippen molar-refractivity contribution >= 4 is 62.5 Å². The molecule has 0 bridgehead atoms. The van der Waals surface area contributed by atoms with E-state index < -0.39 is 12.0 Å². The van der Waals surface area contributed by atoms with Crippen LogP contribution in [-0.4, -0.2) is 37.5 Å². The number of fused-ring (bicyclic) bond motifs is 1. The van der Waals surface area contributed by atoms with Gasteiger partial charge in [0.1, 0.15) is 6.61 Å². The molecule has 0 saturated heterocycles. The SMILES string of the molecule is CCOC(=O)C1=C(C)N=c2s/c(=C/c3ccc(OCc4ccc(Cl)cc4Cl)c(OCC)c3)c(=O)n2[C@H]1c1cc(OC)c(OCC)cc1Br. The summed E-state index contributed by atoms with van der Waals surface area (Å²) in [4.78, 5) is 32.7. The highest BCUT2D eigenvalue weighted by atomic mass is 79.9. The van der Waals surface area contributed by atoms with Crippen LogP contribution in [0.15, 0.2) is 74.1 Å². The van der Waals surface area contributed by atoms with Crippen LogP contribution in [0.4, 0.5) is 0 Å². The van der Waals surface area contributed by atoms with Crippen molar-refractivity contribution < 1.29 is 28.5 Å². The molecule has 3 aromatic carbocycles. The lowest BCUT2D eigenvalue weighted by Crippen LogP contribution is -2.40. The van der Waals surface area contributed by atoms with Gasteiger partial charge in [-0.3, -0.25) is 9.36 Å². The van der Waals surface area contributed by atoms with Gasteiger partial charge in [-0.2, -0.15) is 0 Å². The Balaban J connectivity index is 1.60. The van der Waals surface area contributed by atoms with Crippen LogP contribution in [0.25, 0.3) is 6.08 Å². The van der Waals surface area contributed by atoms with Gasteiger partial charge in [-0.05, 0) is 81.3 Å². The number of ether oxygens (including phenoxy) is 5. The maximum Gasteiger partial charge on any atom is 0.338 e. The topological polar surface area (TPSA) is 97.6 Å². The molecule has 1 aromatic heterocycles. The first kappa shape index (κ1) is 35.5. The Morgan fingerprint density at radius 1 is 0.958 bits per heavy atom. The Morgan fingerprint density at radius 3 is 2.35 bits per heavy atom. The molecule has 48 heavy (non-hydrogen) atoms. The van der Waals surface area contributed by atoms with Gasteiger partial charge in [-0.15, -0.1) is 0 Å². The number of hydrogen-bond donors (Lipinski definition) is 0. The zero-order valence-corrected chi connectivity index (χ0v) is 30.8. The second-order valence-electron chi connectivity index (χ2n) is 10.4. The molecule has 2 heterocycles. The molecular formula is C35H33BrCl2N2O7S. The molecular weight excluding hydrogens is 743 g/mol. The number of hydrogen-bond acceptors (Lipinski definition) is 9. The maximum atomic E-state index is 14.2. The van der Waals surface area contributed by atoms with Crippen LogP contribution in [-0.2, 0) is 16.1 Å². The number of benzene rings is 3. The number of allylic oxidation sites excluding steroid dienone is 1. The monoisotopic (exact) mass is 774 g/mol. The summed E-state index contributed by atoms with van der Waals surface area (Å²) < 4.78 is 31.3. The normalized spacial score (nSPS) is 14.3. The van der Waals surface area contributed by atoms with E-state index >= 15 is 0 Å². The van der Waals surface area contributed by atoms with Gasteiger partial charge in [0.25, 0.3) is 5.56 Å². The molecule has 13 heteroatoms. The molecule has 1 atom stereocenters. The van der Waals surface area contributed by atoms with E-state index in [1.807, 2.05) is 26.0 Å². The lowest BCUT2D eigenvalue weighted by atomic mass is 9.95. The predicted molar refractivity (Wildman–Crippen MR) is 191 cm³/mol. The van der Waals surface area contributed by atoms with Crippen molar-refractivity contribution in [3.63, 3.8) is 0 Å². The van der Waals surface area contributed by atoms with Crippen molar-refractivity contribution in [2.75, 3.05) is 26.9 Å². The second-order valence-corrected chi connectivity index (χ2v) is 13.1. The fourth-order valence-corrected chi connectivity index (χ4v) is 7.27. The lowest BCUT2D eigenvalue weighted by Gasteiger charge is -2.26. The summed E-state index contributed by atoms with van der Waals surface area (Å²) in [6, 6.07) is 13.3. The number of methoxy groups -OCH3 is 1. The minimum absolute atomic E-state index is 0.162. The van der Waals surface area contributed by atoms with Crippen LogP contribution in [0.2, 0.25) is 10.0 Å². The fourth-order valence-electron chi connectivity index (χ4n) is 5.22. The molecule has 5 rings (SSSR count). The molecule has 0 fully saturated rings. The molecule has 0 amide bonds. The van der Waals surface area contributed by atoms with Gasteiger partial charge in [-0.1, -0.05) is 62.6 Å². The second kappa shape index (κ2) is 15.6. The van der Waals surface area contributed by atoms with E-state index in [0.29, 0.717) is 76.9 Å². The van der Waals surface area contributed by atoms with Crippen LogP contribution >= 0.6 is 50.5 Å². The van der Waals surface area contributed by atoms with Crippen LogP contribution < -0.4 is 33.8 Å². The Kier molecular flexibility index (Phi) is 11.6. The summed E-state index contributed by atoms with van der Waals surface area (Å²) in [5, 5.41) is 1.04. The minimum atomic E-state index is -0.851. The summed E-state index contributed by atoms with van der Waals surface area (Å²) in [5.41, 5.74) is 2.48. The van der Waals surface area contributed by atoms with Crippen LogP contribution in [0, 0.1) is 0 Å². The Bertz CT molecular complexity index is 2080. The summed E-state index contributed by atoms with van der Waals surface area (Å²) in [6.07, 6.45) is 1.76. The number of thiazole rings is 1. The van der Waals surface area contributed by atoms with Gasteiger partial charge in [0.05, 0.1) is 48.8 Å². The Hall–Kier alpha value is -3.77. The standard InChI is InChI=1S/C35H33BrCl2N2O7S/c1-6-44-28-13-20(9-12-26(28)47-18-21-10-11-22(37)15-25(21)38)14-30-33(41)40-32(23-16-27(43-5)29(45-7-2)17-24(23)36)31(34(42)46-8-3)19(4)39-35(40)48-30/h9-17,32H,6-8,18H2,1-5H3/b30-14+/t32-/m0/s1. The molecule has 0 aliphatic carbocycles. The van der Waals surface area contributed by atoms with Gasteiger partial charge in [0, 0.05) is 20.1 Å². The third-order valence-corrected chi connectivity index (χ3v) is 9.61. The van der Waals surface area contributed by atoms with E-state index in [0.717, 1.165) is 5.56 Å². The third-order valence-electron chi connectivity index (χ3n) is 7.36. The molecule has 0 spiro atoms. The smallest absolute Gasteiger partial charge is 0.338 e. The molecule has 0 N–H and O–H groups in total. The van der Waals surface area contributed by atoms with Crippen LogP contribution in [0.5, 0.6) is 23.0 Å². The van der Waals surface area contributed by atoms with Crippen molar-refractivity contribution in [2.24, 2.45) is 4.99 Å². The number of halogens is 3. The van der Waals surface area contributed by atoms with Crippen molar-refractivity contribution in [3.8, 4) is 23.0 Å². The number of carbonyl (C=O) groups excluding carboxylic acids is 1. The third kappa shape index (κ3) is 7.44. The average Bonchev–Trinajstić information content (AvgIpc) is 3.35. The summed E-state index contributed by atoms with van der Waals surface area (Å²) in [7, 11) is 1.54. The Morgan fingerprint density at radius 2 is 1.69 bits per heavy atom. The van der Waals surface area contributed by atoms with Crippen molar-refractivity contribution in [1.29, 1.82) is 0 Å². The van der Waals surface area contributed by atoms with Crippen molar-refractivity contribution in [3.05, 3.63) is 111 Å². The molecule has 0 radical (unpaired) electrons. The van der Waals surface area contributed by atoms with E-state index in [1.165, 1.54) is 23.0 Å². The van der Waals surface area contributed by atoms with Gasteiger partial charge >= 0.3 is 5.97 Å². The highest BCUT2D eigenvalue weighted by Crippen LogP contribution is 2.41. The van der Waals surface area contributed by atoms with Crippen LogP contribution in [0.1, 0.15) is 50.4 Å². The molecule has 9 nitrogen and oxygen atoms in total. The van der Waals surface area contributed by atoms with Gasteiger partial charge in [0.15, 0.2) is 27.8 Å². The number of nitrogens with zero attached hydrogens (tertiary/aromatic N) is 2. The molecule has 4 aromatic rings. The highest BCUT2D eigenvalue weighted by molar-refractivity contribution is 9.10. The zero-order valence-electron chi connectivity index (χ0n) is 26.9. The predicted octanol–water partition coefficient (Wildman–Crippen LogP) is 7.25. The highest BCUT2D eigenvalue weighted by Gasteiger charge is 2.35.